The summed E-state index contributed by atoms with van der Waals surface area (Å²) in [7, 11) is 0. The molecule has 0 radical (unpaired) electrons. The molecule has 6 rings (SSSR count). The lowest BCUT2D eigenvalue weighted by Crippen LogP contribution is -2.22. The Morgan fingerprint density at radius 1 is 1.05 bits per heavy atom. The second kappa shape index (κ2) is 9.13. The molecule has 2 aromatic carbocycles. The number of carbonyl (C=O) groups is 2. The van der Waals surface area contributed by atoms with Gasteiger partial charge in [0.15, 0.2) is 6.61 Å². The third-order valence-corrected chi connectivity index (χ3v) is 6.30. The Kier molecular flexibility index (Phi) is 5.51. The molecule has 1 aliphatic carbocycles. The van der Waals surface area contributed by atoms with Gasteiger partial charge in [-0.05, 0) is 60.4 Å². The third kappa shape index (κ3) is 4.02. The number of furan rings is 2. The molecule has 0 atom stereocenters. The largest absolute Gasteiger partial charge is 0.465 e. The second-order valence-corrected chi connectivity index (χ2v) is 8.55. The van der Waals surface area contributed by atoms with Crippen molar-refractivity contribution in [1.82, 2.24) is 4.98 Å². The van der Waals surface area contributed by atoms with Crippen molar-refractivity contribution >= 4 is 51.1 Å². The van der Waals surface area contributed by atoms with Crippen LogP contribution in [-0.2, 0) is 16.0 Å². The van der Waals surface area contributed by atoms with E-state index < -0.39 is 18.5 Å². The van der Waals surface area contributed by atoms with Gasteiger partial charge in [0.05, 0.1) is 23.0 Å². The molecular formula is C29H19N3O5. The zero-order valence-corrected chi connectivity index (χ0v) is 19.5. The summed E-state index contributed by atoms with van der Waals surface area (Å²) in [4.78, 5) is 30.9. The molecule has 8 nitrogen and oxygen atoms in total. The molecule has 0 unspecified atom stereocenters. The topological polar surface area (TPSA) is 118 Å². The summed E-state index contributed by atoms with van der Waals surface area (Å²) >= 11 is 0. The lowest BCUT2D eigenvalue weighted by atomic mass is 10.0. The van der Waals surface area contributed by atoms with E-state index in [1.807, 2.05) is 48.5 Å². The Labute approximate surface area is 210 Å². The Morgan fingerprint density at radius 3 is 2.68 bits per heavy atom. The van der Waals surface area contributed by atoms with Crippen molar-refractivity contribution in [3.8, 4) is 6.07 Å². The number of para-hydroxylation sites is 2. The fourth-order valence-corrected chi connectivity index (χ4v) is 4.68. The predicted molar refractivity (Wildman–Crippen MR) is 136 cm³/mol. The molecule has 1 aliphatic rings. The zero-order valence-electron chi connectivity index (χ0n) is 19.5. The quantitative estimate of drug-likeness (QED) is 0.313. The Balaban J connectivity index is 1.28. The lowest BCUT2D eigenvalue weighted by molar-refractivity contribution is -0.119. The van der Waals surface area contributed by atoms with Gasteiger partial charge < -0.3 is 18.9 Å². The van der Waals surface area contributed by atoms with E-state index in [4.69, 9.17) is 18.6 Å². The van der Waals surface area contributed by atoms with E-state index in [9.17, 15) is 14.9 Å². The molecule has 0 fully saturated rings. The minimum atomic E-state index is -0.609. The Morgan fingerprint density at radius 2 is 1.86 bits per heavy atom. The highest BCUT2D eigenvalue weighted by Gasteiger charge is 2.28. The Bertz CT molecular complexity index is 1760. The van der Waals surface area contributed by atoms with Crippen LogP contribution >= 0.6 is 0 Å². The Hall–Kier alpha value is -5.16. The number of hydrogen-bond acceptors (Lipinski definition) is 7. The van der Waals surface area contributed by atoms with Crippen molar-refractivity contribution in [2.45, 2.75) is 12.8 Å². The SMILES string of the molecule is N#Cc1oc2ccccc2c1NC(=O)COC(=O)c1c2c(nc3ccccc13)/C(=C/c1ccco1)CC2. The van der Waals surface area contributed by atoms with Gasteiger partial charge in [0.25, 0.3) is 5.91 Å². The zero-order chi connectivity index (χ0) is 25.4. The van der Waals surface area contributed by atoms with Gasteiger partial charge in [0.1, 0.15) is 23.1 Å². The molecule has 180 valence electrons. The molecule has 0 saturated heterocycles. The van der Waals surface area contributed by atoms with Crippen LogP contribution in [0.2, 0.25) is 0 Å². The van der Waals surface area contributed by atoms with Crippen molar-refractivity contribution in [3.05, 3.63) is 95.3 Å². The number of nitriles is 1. The van der Waals surface area contributed by atoms with Crippen molar-refractivity contribution in [2.24, 2.45) is 0 Å². The first kappa shape index (κ1) is 22.3. The van der Waals surface area contributed by atoms with Crippen molar-refractivity contribution in [3.63, 3.8) is 0 Å². The molecule has 0 saturated carbocycles. The first-order valence-electron chi connectivity index (χ1n) is 11.7. The molecule has 8 heteroatoms. The van der Waals surface area contributed by atoms with E-state index in [1.54, 1.807) is 30.5 Å². The summed E-state index contributed by atoms with van der Waals surface area (Å²) in [5, 5.41) is 13.3. The number of nitrogens with zero attached hydrogens (tertiary/aromatic N) is 2. The summed E-state index contributed by atoms with van der Waals surface area (Å²) < 4.78 is 16.4. The van der Waals surface area contributed by atoms with Gasteiger partial charge >= 0.3 is 5.97 Å². The van der Waals surface area contributed by atoms with Gasteiger partial charge in [-0.2, -0.15) is 5.26 Å². The highest BCUT2D eigenvalue weighted by molar-refractivity contribution is 6.08. The van der Waals surface area contributed by atoms with Gasteiger partial charge in [-0.15, -0.1) is 0 Å². The molecule has 0 aliphatic heterocycles. The average molecular weight is 489 g/mol. The molecule has 0 bridgehead atoms. The van der Waals surface area contributed by atoms with Gasteiger partial charge in [-0.25, -0.2) is 9.78 Å². The number of esters is 1. The van der Waals surface area contributed by atoms with E-state index in [0.717, 1.165) is 16.8 Å². The first-order chi connectivity index (χ1) is 18.1. The van der Waals surface area contributed by atoms with Gasteiger partial charge in [0.2, 0.25) is 5.76 Å². The molecule has 0 spiro atoms. The van der Waals surface area contributed by atoms with E-state index >= 15 is 0 Å². The molecule has 5 aromatic rings. The number of anilines is 1. The molecular weight excluding hydrogens is 470 g/mol. The minimum Gasteiger partial charge on any atom is -0.465 e. The fourth-order valence-electron chi connectivity index (χ4n) is 4.68. The number of allylic oxidation sites excluding steroid dienone is 1. The number of hydrogen-bond donors (Lipinski definition) is 1. The molecule has 37 heavy (non-hydrogen) atoms. The highest BCUT2D eigenvalue weighted by Crippen LogP contribution is 2.38. The summed E-state index contributed by atoms with van der Waals surface area (Å²) in [6.45, 7) is -0.524. The van der Waals surface area contributed by atoms with Gasteiger partial charge in [-0.3, -0.25) is 4.79 Å². The summed E-state index contributed by atoms with van der Waals surface area (Å²) in [5.74, 6) is -0.497. The summed E-state index contributed by atoms with van der Waals surface area (Å²) in [6.07, 6.45) is 4.85. The van der Waals surface area contributed by atoms with Crippen LogP contribution in [0.1, 0.15) is 39.6 Å². The number of nitrogens with one attached hydrogen (secondary N) is 1. The van der Waals surface area contributed by atoms with Crippen LogP contribution in [0, 0.1) is 11.3 Å². The average Bonchev–Trinajstić information content (AvgIpc) is 3.66. The maximum Gasteiger partial charge on any atom is 0.339 e. The lowest BCUT2D eigenvalue weighted by Gasteiger charge is -2.12. The summed E-state index contributed by atoms with van der Waals surface area (Å²) in [6, 6.07) is 20.0. The number of pyridine rings is 1. The van der Waals surface area contributed by atoms with E-state index in [2.05, 4.69) is 5.32 Å². The number of carbonyl (C=O) groups excluding carboxylic acids is 2. The van der Waals surface area contributed by atoms with Crippen LogP contribution in [0.3, 0.4) is 0 Å². The van der Waals surface area contributed by atoms with E-state index in [1.165, 1.54) is 0 Å². The molecule has 3 heterocycles. The molecule has 1 amide bonds. The number of fused-ring (bicyclic) bond motifs is 3. The van der Waals surface area contributed by atoms with Gasteiger partial charge in [0, 0.05) is 10.8 Å². The smallest absolute Gasteiger partial charge is 0.339 e. The normalized spacial score (nSPS) is 13.5. The van der Waals surface area contributed by atoms with E-state index in [-0.39, 0.29) is 11.4 Å². The maximum atomic E-state index is 13.3. The number of rotatable bonds is 5. The molecule has 1 N–H and O–H groups in total. The highest BCUT2D eigenvalue weighted by atomic mass is 16.5. The van der Waals surface area contributed by atoms with Crippen LogP contribution in [-0.4, -0.2) is 23.5 Å². The van der Waals surface area contributed by atoms with Crippen molar-refractivity contribution in [2.75, 3.05) is 11.9 Å². The van der Waals surface area contributed by atoms with E-state index in [0.29, 0.717) is 46.0 Å². The third-order valence-electron chi connectivity index (χ3n) is 6.30. The van der Waals surface area contributed by atoms with Crippen LogP contribution in [0.4, 0.5) is 5.69 Å². The van der Waals surface area contributed by atoms with Crippen LogP contribution in [0.5, 0.6) is 0 Å². The molecule has 3 aromatic heterocycles. The fraction of sp³-hybridized carbons (Fsp3) is 0.103. The van der Waals surface area contributed by atoms with Gasteiger partial charge in [-0.1, -0.05) is 30.3 Å². The predicted octanol–water partition coefficient (Wildman–Crippen LogP) is 5.73. The number of aromatic nitrogens is 1. The minimum absolute atomic E-state index is 0.0188. The second-order valence-electron chi connectivity index (χ2n) is 8.55. The van der Waals surface area contributed by atoms with Crippen molar-refractivity contribution in [1.29, 1.82) is 5.26 Å². The van der Waals surface area contributed by atoms with Crippen LogP contribution < -0.4 is 5.32 Å². The van der Waals surface area contributed by atoms with Crippen molar-refractivity contribution < 1.29 is 23.2 Å². The van der Waals surface area contributed by atoms with Crippen LogP contribution in [0.15, 0.2) is 75.8 Å². The number of amides is 1. The number of ether oxygens (including phenoxy) is 1. The first-order valence-corrected chi connectivity index (χ1v) is 11.7. The van der Waals surface area contributed by atoms with Crippen LogP contribution in [0.25, 0.3) is 33.5 Å². The number of benzene rings is 2. The maximum absolute atomic E-state index is 13.3. The summed E-state index contributed by atoms with van der Waals surface area (Å²) in [5.41, 5.74) is 4.28. The standard InChI is InChI=1S/C29H19N3O5/c30-15-24-28(20-8-2-4-10-23(20)37-24)32-25(33)16-36-29(34)26-19-7-1-3-9-22(19)31-27-17(11-12-21(26)27)14-18-6-5-13-35-18/h1-10,13-14H,11-12,16H2,(H,32,33)/b17-14+. The monoisotopic (exact) mass is 489 g/mol.